The van der Waals surface area contributed by atoms with Gasteiger partial charge in [-0.3, -0.25) is 4.79 Å². The summed E-state index contributed by atoms with van der Waals surface area (Å²) in [7, 11) is 0. The van der Waals surface area contributed by atoms with E-state index >= 15 is 0 Å². The number of carbonyl (C=O) groups is 2. The summed E-state index contributed by atoms with van der Waals surface area (Å²) in [6.45, 7) is -0.413. The molecule has 6 nitrogen and oxygen atoms in total. The number of carboxylic acid groups (broad SMARTS) is 1. The molecule has 7 heteroatoms. The fourth-order valence-electron chi connectivity index (χ4n) is 1.42. The van der Waals surface area contributed by atoms with Crippen LogP contribution in [0.1, 0.15) is 5.56 Å². The van der Waals surface area contributed by atoms with Crippen LogP contribution < -0.4 is 10.5 Å². The molecule has 1 aromatic carbocycles. The zero-order valence-electron chi connectivity index (χ0n) is 9.70. The molecule has 0 saturated heterocycles. The molecule has 0 spiro atoms. The van der Waals surface area contributed by atoms with E-state index in [4.69, 9.17) is 15.6 Å². The maximum absolute atomic E-state index is 11.4. The van der Waals surface area contributed by atoms with Crippen LogP contribution in [0.15, 0.2) is 34.2 Å². The van der Waals surface area contributed by atoms with Crippen LogP contribution in [-0.2, 0) is 9.59 Å². The Kier molecular flexibility index (Phi) is 3.86. The Morgan fingerprint density at radius 1 is 1.53 bits per heavy atom. The number of amidine groups is 1. The molecule has 0 saturated carbocycles. The number of hydrogen-bond acceptors (Lipinski definition) is 5. The van der Waals surface area contributed by atoms with E-state index in [0.29, 0.717) is 16.2 Å². The number of aliphatic imine (C=N–C) groups is 1. The normalized spacial score (nSPS) is 16.5. The number of nitrogens with two attached hydrogens (primary N) is 1. The summed E-state index contributed by atoms with van der Waals surface area (Å²) in [4.78, 5) is 25.8. The van der Waals surface area contributed by atoms with E-state index in [9.17, 15) is 9.59 Å². The number of aliphatic carboxylic acids is 1. The lowest BCUT2D eigenvalue weighted by Gasteiger charge is -2.04. The Balaban J connectivity index is 2.13. The van der Waals surface area contributed by atoms with Crippen LogP contribution in [0.5, 0.6) is 5.75 Å². The molecule has 0 fully saturated rings. The average molecular weight is 278 g/mol. The fraction of sp³-hybridized carbons (Fsp3) is 0.0833. The van der Waals surface area contributed by atoms with Crippen molar-refractivity contribution < 1.29 is 19.4 Å². The van der Waals surface area contributed by atoms with E-state index < -0.39 is 12.6 Å². The van der Waals surface area contributed by atoms with E-state index in [1.807, 2.05) is 0 Å². The highest BCUT2D eigenvalue weighted by Crippen LogP contribution is 2.27. The van der Waals surface area contributed by atoms with Gasteiger partial charge in [-0.15, -0.1) is 0 Å². The van der Waals surface area contributed by atoms with Gasteiger partial charge in [-0.05, 0) is 35.5 Å². The zero-order chi connectivity index (χ0) is 13.8. The second kappa shape index (κ2) is 5.57. The minimum atomic E-state index is -1.05. The molecule has 2 rings (SSSR count). The van der Waals surface area contributed by atoms with Crippen molar-refractivity contribution in [2.45, 2.75) is 0 Å². The van der Waals surface area contributed by atoms with Crippen molar-refractivity contribution in [3.8, 4) is 5.75 Å². The molecular formula is C12H10N2O4S. The standard InChI is InChI=1S/C12H10N2O4S/c13-12-14-11(17)9(19-12)5-7-2-1-3-8(4-7)18-6-10(15)16/h1-5H,6H2,(H,15,16)(H2,13,14,17)/b9-5+. The van der Waals surface area contributed by atoms with Crippen molar-refractivity contribution in [1.82, 2.24) is 0 Å². The maximum Gasteiger partial charge on any atom is 0.341 e. The Morgan fingerprint density at radius 2 is 2.32 bits per heavy atom. The Bertz CT molecular complexity index is 595. The van der Waals surface area contributed by atoms with Crippen LogP contribution in [0.2, 0.25) is 0 Å². The van der Waals surface area contributed by atoms with E-state index in [1.165, 1.54) is 0 Å². The van der Waals surface area contributed by atoms with Crippen molar-refractivity contribution in [2.75, 3.05) is 6.61 Å². The van der Waals surface area contributed by atoms with Gasteiger partial charge in [0.25, 0.3) is 5.91 Å². The van der Waals surface area contributed by atoms with Crippen LogP contribution in [0.25, 0.3) is 6.08 Å². The van der Waals surface area contributed by atoms with E-state index in [-0.39, 0.29) is 11.1 Å². The third kappa shape index (κ3) is 3.59. The molecule has 1 aliphatic rings. The Labute approximate surface area is 113 Å². The van der Waals surface area contributed by atoms with Crippen molar-refractivity contribution in [1.29, 1.82) is 0 Å². The third-order valence-electron chi connectivity index (χ3n) is 2.16. The molecule has 0 atom stereocenters. The summed E-state index contributed by atoms with van der Waals surface area (Å²) in [5, 5.41) is 8.74. The number of thioether (sulfide) groups is 1. The predicted octanol–water partition coefficient (Wildman–Crippen LogP) is 1.08. The smallest absolute Gasteiger partial charge is 0.341 e. The minimum absolute atomic E-state index is 0.217. The number of rotatable bonds is 4. The highest BCUT2D eigenvalue weighted by atomic mass is 32.2. The van der Waals surface area contributed by atoms with Gasteiger partial charge in [-0.25, -0.2) is 4.79 Å². The highest BCUT2D eigenvalue weighted by Gasteiger charge is 2.19. The zero-order valence-corrected chi connectivity index (χ0v) is 10.5. The number of benzene rings is 1. The van der Waals surface area contributed by atoms with Crippen molar-refractivity contribution in [3.63, 3.8) is 0 Å². The SMILES string of the molecule is NC1=NC(=O)/C(=C\c2cccc(OCC(=O)O)c2)S1. The molecule has 1 heterocycles. The molecule has 0 radical (unpaired) electrons. The summed E-state index contributed by atoms with van der Waals surface area (Å²) >= 11 is 1.10. The van der Waals surface area contributed by atoms with Gasteiger partial charge >= 0.3 is 5.97 Å². The highest BCUT2D eigenvalue weighted by molar-refractivity contribution is 8.18. The molecule has 98 valence electrons. The molecule has 1 aliphatic heterocycles. The van der Waals surface area contributed by atoms with Crippen LogP contribution >= 0.6 is 11.8 Å². The second-order valence-electron chi connectivity index (χ2n) is 3.62. The minimum Gasteiger partial charge on any atom is -0.482 e. The molecule has 0 aliphatic carbocycles. The molecule has 3 N–H and O–H groups in total. The summed E-state index contributed by atoms with van der Waals surface area (Å²) in [5.74, 6) is -1.01. The van der Waals surface area contributed by atoms with Gasteiger partial charge in [0, 0.05) is 0 Å². The largest absolute Gasteiger partial charge is 0.482 e. The first kappa shape index (κ1) is 13.2. The first-order valence-electron chi connectivity index (χ1n) is 5.27. The van der Waals surface area contributed by atoms with E-state index in [0.717, 1.165) is 11.8 Å². The molecular weight excluding hydrogens is 268 g/mol. The van der Waals surface area contributed by atoms with Crippen molar-refractivity contribution in [2.24, 2.45) is 10.7 Å². The topological polar surface area (TPSA) is 102 Å². The molecule has 1 amide bonds. The van der Waals surface area contributed by atoms with Gasteiger partial charge in [0.1, 0.15) is 5.75 Å². The monoisotopic (exact) mass is 278 g/mol. The second-order valence-corrected chi connectivity index (χ2v) is 4.68. The molecule has 19 heavy (non-hydrogen) atoms. The number of carbonyl (C=O) groups excluding carboxylic acids is 1. The van der Waals surface area contributed by atoms with Gasteiger partial charge in [0.15, 0.2) is 11.8 Å². The summed E-state index contributed by atoms with van der Waals surface area (Å²) < 4.78 is 5.05. The van der Waals surface area contributed by atoms with Gasteiger partial charge in [0.2, 0.25) is 0 Å². The van der Waals surface area contributed by atoms with Crippen molar-refractivity contribution >= 4 is 34.9 Å². The summed E-state index contributed by atoms with van der Waals surface area (Å²) in [6, 6.07) is 6.75. The van der Waals surface area contributed by atoms with Gasteiger partial charge in [0.05, 0.1) is 4.91 Å². The Hall–Kier alpha value is -2.28. The summed E-state index contributed by atoms with van der Waals surface area (Å²) in [5.41, 5.74) is 6.15. The van der Waals surface area contributed by atoms with Crippen LogP contribution in [0.3, 0.4) is 0 Å². The average Bonchev–Trinajstić information content (AvgIpc) is 2.66. The van der Waals surface area contributed by atoms with Crippen molar-refractivity contribution in [3.05, 3.63) is 34.7 Å². The van der Waals surface area contributed by atoms with Crippen LogP contribution in [0.4, 0.5) is 0 Å². The Morgan fingerprint density at radius 3 is 2.95 bits per heavy atom. The number of carboxylic acids is 1. The lowest BCUT2D eigenvalue weighted by Crippen LogP contribution is -2.09. The first-order valence-corrected chi connectivity index (χ1v) is 6.09. The number of hydrogen-bond donors (Lipinski definition) is 2. The molecule has 0 bridgehead atoms. The fourth-order valence-corrected chi connectivity index (χ4v) is 2.10. The maximum atomic E-state index is 11.4. The third-order valence-corrected chi connectivity index (χ3v) is 2.97. The van der Waals surface area contributed by atoms with Crippen LogP contribution in [-0.4, -0.2) is 28.8 Å². The number of ether oxygens (including phenoxy) is 1. The first-order chi connectivity index (χ1) is 9.04. The number of amides is 1. The van der Waals surface area contributed by atoms with Crippen LogP contribution in [0, 0.1) is 0 Å². The van der Waals surface area contributed by atoms with E-state index in [2.05, 4.69) is 4.99 Å². The molecule has 0 aromatic heterocycles. The molecule has 1 aromatic rings. The summed E-state index contributed by atoms with van der Waals surface area (Å²) in [6.07, 6.45) is 1.63. The lowest BCUT2D eigenvalue weighted by atomic mass is 10.2. The van der Waals surface area contributed by atoms with Gasteiger partial charge in [-0.2, -0.15) is 4.99 Å². The quantitative estimate of drug-likeness (QED) is 0.799. The number of nitrogens with zero attached hydrogens (tertiary/aromatic N) is 1. The van der Waals surface area contributed by atoms with E-state index in [1.54, 1.807) is 30.3 Å². The van der Waals surface area contributed by atoms with Gasteiger partial charge in [-0.1, -0.05) is 12.1 Å². The lowest BCUT2D eigenvalue weighted by molar-refractivity contribution is -0.139. The van der Waals surface area contributed by atoms with Gasteiger partial charge < -0.3 is 15.6 Å². The molecule has 0 unspecified atom stereocenters. The predicted molar refractivity (Wildman–Crippen MR) is 71.8 cm³/mol.